The molecular weight excluding hydrogens is 212 g/mol. The van der Waals surface area contributed by atoms with Gasteiger partial charge in [0, 0.05) is 12.0 Å². The maximum Gasteiger partial charge on any atom is 0.0644 e. The molecule has 0 amide bonds. The molecule has 2 fully saturated rings. The fraction of sp³-hybridized carbons (Fsp3) is 0.867. The van der Waals surface area contributed by atoms with Crippen LogP contribution in [0.25, 0.3) is 0 Å². The molecule has 17 heavy (non-hydrogen) atoms. The third kappa shape index (κ3) is 1.18. The Kier molecular flexibility index (Phi) is 2.47. The lowest BCUT2D eigenvalue weighted by Gasteiger charge is -2.41. The lowest BCUT2D eigenvalue weighted by atomic mass is 9.63. The first kappa shape index (κ1) is 11.7. The maximum absolute atomic E-state index is 9.56. The lowest BCUT2D eigenvalue weighted by Crippen LogP contribution is -2.35. The minimum absolute atomic E-state index is 0.236. The Hall–Kier alpha value is -0.340. The Morgan fingerprint density at radius 1 is 1.24 bits per heavy atom. The summed E-state index contributed by atoms with van der Waals surface area (Å²) < 4.78 is 0. The van der Waals surface area contributed by atoms with Gasteiger partial charge in [0.15, 0.2) is 0 Å². The van der Waals surface area contributed by atoms with Gasteiger partial charge in [0.2, 0.25) is 0 Å². The standard InChI is InChI=1S/C15H24O2/c1-10-12(9-17)7-14(2)5-4-13-11(8-16)3-6-15(10,13)14/h11,13,16-17H,3-9H2,1-2H3. The highest BCUT2D eigenvalue weighted by molar-refractivity contribution is 5.37. The van der Waals surface area contributed by atoms with Gasteiger partial charge in [-0.15, -0.1) is 0 Å². The number of hydrogen-bond acceptors (Lipinski definition) is 2. The van der Waals surface area contributed by atoms with Crippen LogP contribution in [-0.2, 0) is 0 Å². The number of aliphatic hydroxyl groups excluding tert-OH is 2. The zero-order valence-electron chi connectivity index (χ0n) is 11.0. The first-order chi connectivity index (χ1) is 8.09. The Labute approximate surface area is 104 Å². The highest BCUT2D eigenvalue weighted by Gasteiger charge is 2.65. The van der Waals surface area contributed by atoms with E-state index in [1.165, 1.54) is 36.8 Å². The fourth-order valence-electron chi connectivity index (χ4n) is 5.61. The molecule has 2 saturated carbocycles. The normalized spacial score (nSPS) is 48.7. The van der Waals surface area contributed by atoms with Crippen LogP contribution in [0.15, 0.2) is 11.1 Å². The molecule has 0 heterocycles. The van der Waals surface area contributed by atoms with Gasteiger partial charge in [-0.25, -0.2) is 0 Å². The molecule has 0 bridgehead atoms. The van der Waals surface area contributed by atoms with E-state index < -0.39 is 0 Å². The summed E-state index contributed by atoms with van der Waals surface area (Å²) in [5, 5.41) is 19.1. The maximum atomic E-state index is 9.56. The van der Waals surface area contributed by atoms with Crippen LogP contribution in [0.3, 0.4) is 0 Å². The Morgan fingerprint density at radius 2 is 2.00 bits per heavy atom. The molecule has 0 aromatic heterocycles. The van der Waals surface area contributed by atoms with E-state index in [-0.39, 0.29) is 6.61 Å². The highest BCUT2D eigenvalue weighted by Crippen LogP contribution is 2.73. The molecular formula is C15H24O2. The summed E-state index contributed by atoms with van der Waals surface area (Å²) in [7, 11) is 0. The summed E-state index contributed by atoms with van der Waals surface area (Å²) in [5.74, 6) is 1.17. The van der Waals surface area contributed by atoms with Gasteiger partial charge < -0.3 is 10.2 Å². The monoisotopic (exact) mass is 236 g/mol. The van der Waals surface area contributed by atoms with Crippen LogP contribution in [0.1, 0.15) is 46.0 Å². The lowest BCUT2D eigenvalue weighted by molar-refractivity contribution is 0.108. The first-order valence-corrected chi connectivity index (χ1v) is 7.00. The number of allylic oxidation sites excluding steroid dienone is 1. The van der Waals surface area contributed by atoms with Gasteiger partial charge in [-0.2, -0.15) is 0 Å². The second-order valence-electron chi connectivity index (χ2n) is 6.72. The van der Waals surface area contributed by atoms with Crippen molar-refractivity contribution < 1.29 is 10.2 Å². The van der Waals surface area contributed by atoms with Crippen molar-refractivity contribution in [1.29, 1.82) is 0 Å². The van der Waals surface area contributed by atoms with E-state index in [4.69, 9.17) is 0 Å². The van der Waals surface area contributed by atoms with Gasteiger partial charge >= 0.3 is 0 Å². The summed E-state index contributed by atoms with van der Waals surface area (Å²) in [6, 6.07) is 0. The average Bonchev–Trinajstić information content (AvgIpc) is 2.89. The van der Waals surface area contributed by atoms with Crippen LogP contribution in [0, 0.1) is 22.7 Å². The third-order valence-corrected chi connectivity index (χ3v) is 6.42. The molecule has 3 aliphatic rings. The van der Waals surface area contributed by atoms with Gasteiger partial charge in [-0.3, -0.25) is 0 Å². The average molecular weight is 236 g/mol. The summed E-state index contributed by atoms with van der Waals surface area (Å²) in [5.41, 5.74) is 3.44. The molecule has 96 valence electrons. The van der Waals surface area contributed by atoms with Crippen molar-refractivity contribution in [3.05, 3.63) is 11.1 Å². The molecule has 0 aromatic carbocycles. The van der Waals surface area contributed by atoms with E-state index in [2.05, 4.69) is 13.8 Å². The van der Waals surface area contributed by atoms with Crippen LogP contribution in [0.4, 0.5) is 0 Å². The van der Waals surface area contributed by atoms with Crippen molar-refractivity contribution in [1.82, 2.24) is 0 Å². The first-order valence-electron chi connectivity index (χ1n) is 7.00. The quantitative estimate of drug-likeness (QED) is 0.723. The SMILES string of the molecule is CC1=C(CO)CC2(C)CCC3C(CO)CCC132. The van der Waals surface area contributed by atoms with Gasteiger partial charge in [0.25, 0.3) is 0 Å². The van der Waals surface area contributed by atoms with Gasteiger partial charge in [0.05, 0.1) is 6.61 Å². The third-order valence-electron chi connectivity index (χ3n) is 6.42. The largest absolute Gasteiger partial charge is 0.396 e. The summed E-state index contributed by atoms with van der Waals surface area (Å²) in [4.78, 5) is 0. The molecule has 0 radical (unpaired) electrons. The van der Waals surface area contributed by atoms with Crippen LogP contribution < -0.4 is 0 Å². The highest BCUT2D eigenvalue weighted by atomic mass is 16.3. The molecule has 0 aliphatic heterocycles. The van der Waals surface area contributed by atoms with E-state index in [0.717, 1.165) is 6.42 Å². The summed E-state index contributed by atoms with van der Waals surface area (Å²) in [6.07, 6.45) is 6.04. The van der Waals surface area contributed by atoms with Crippen LogP contribution in [0.5, 0.6) is 0 Å². The predicted molar refractivity (Wildman–Crippen MR) is 67.5 cm³/mol. The van der Waals surface area contributed by atoms with Crippen LogP contribution in [-0.4, -0.2) is 23.4 Å². The zero-order valence-corrected chi connectivity index (χ0v) is 11.0. The molecule has 1 spiro atoms. The second kappa shape index (κ2) is 3.58. The van der Waals surface area contributed by atoms with Crippen molar-refractivity contribution in [3.8, 4) is 0 Å². The molecule has 2 N–H and O–H groups in total. The molecule has 0 aromatic rings. The Balaban J connectivity index is 2.07. The molecule has 0 saturated heterocycles. The zero-order chi connectivity index (χ0) is 12.3. The molecule has 2 heteroatoms. The minimum Gasteiger partial charge on any atom is -0.396 e. The van der Waals surface area contributed by atoms with Crippen LogP contribution >= 0.6 is 0 Å². The molecule has 4 unspecified atom stereocenters. The van der Waals surface area contributed by atoms with E-state index in [9.17, 15) is 10.2 Å². The Bertz CT molecular complexity index is 373. The van der Waals surface area contributed by atoms with E-state index in [0.29, 0.717) is 29.3 Å². The Morgan fingerprint density at radius 3 is 2.65 bits per heavy atom. The van der Waals surface area contributed by atoms with E-state index in [1.807, 2.05) is 0 Å². The second-order valence-corrected chi connectivity index (χ2v) is 6.72. The van der Waals surface area contributed by atoms with Crippen molar-refractivity contribution in [2.45, 2.75) is 46.0 Å². The van der Waals surface area contributed by atoms with Crippen molar-refractivity contribution >= 4 is 0 Å². The van der Waals surface area contributed by atoms with Crippen molar-refractivity contribution in [3.63, 3.8) is 0 Å². The van der Waals surface area contributed by atoms with Crippen molar-refractivity contribution in [2.24, 2.45) is 22.7 Å². The molecule has 3 aliphatic carbocycles. The van der Waals surface area contributed by atoms with E-state index >= 15 is 0 Å². The topological polar surface area (TPSA) is 40.5 Å². The van der Waals surface area contributed by atoms with Gasteiger partial charge in [-0.1, -0.05) is 12.5 Å². The van der Waals surface area contributed by atoms with Gasteiger partial charge in [0.1, 0.15) is 0 Å². The molecule has 4 atom stereocenters. The minimum atomic E-state index is 0.236. The van der Waals surface area contributed by atoms with Gasteiger partial charge in [-0.05, 0) is 61.9 Å². The summed E-state index contributed by atoms with van der Waals surface area (Å²) in [6.45, 7) is 5.25. The predicted octanol–water partition coefficient (Wildman–Crippen LogP) is 2.50. The van der Waals surface area contributed by atoms with Crippen molar-refractivity contribution in [2.75, 3.05) is 13.2 Å². The molecule has 2 nitrogen and oxygen atoms in total. The van der Waals surface area contributed by atoms with Crippen LogP contribution in [0.2, 0.25) is 0 Å². The molecule has 3 rings (SSSR count). The summed E-state index contributed by atoms with van der Waals surface area (Å²) >= 11 is 0. The van der Waals surface area contributed by atoms with E-state index in [1.54, 1.807) is 0 Å². The number of aliphatic hydroxyl groups is 2. The fourth-order valence-corrected chi connectivity index (χ4v) is 5.61. The number of hydrogen-bond donors (Lipinski definition) is 2. The number of rotatable bonds is 2. The smallest absolute Gasteiger partial charge is 0.0644 e.